The van der Waals surface area contributed by atoms with Gasteiger partial charge in [0.1, 0.15) is 17.1 Å². The standard InChI is InChI=1S/C17H31N3O4S/c1-7-18-15(19-10-11-25(22,23)16(3,4)5)20-12-17(6,21)14-9-8-13(2)24-14/h8-9,21H,7,10-12H2,1-6H3,(H2,18,19,20). The number of nitrogens with one attached hydrogen (secondary N) is 2. The van der Waals surface area contributed by atoms with E-state index in [0.29, 0.717) is 18.3 Å². The van der Waals surface area contributed by atoms with E-state index in [0.717, 1.165) is 5.76 Å². The van der Waals surface area contributed by atoms with Crippen LogP contribution in [0.5, 0.6) is 0 Å². The number of aliphatic hydroxyl groups is 1. The Kier molecular flexibility index (Phi) is 7.08. The quantitative estimate of drug-likeness (QED) is 0.495. The summed E-state index contributed by atoms with van der Waals surface area (Å²) in [7, 11) is -3.20. The summed E-state index contributed by atoms with van der Waals surface area (Å²) in [5.74, 6) is 1.63. The van der Waals surface area contributed by atoms with Crippen molar-refractivity contribution in [1.29, 1.82) is 0 Å². The maximum Gasteiger partial charge on any atom is 0.191 e. The minimum Gasteiger partial charge on any atom is -0.463 e. The van der Waals surface area contributed by atoms with Crippen LogP contribution in [-0.4, -0.2) is 49.6 Å². The largest absolute Gasteiger partial charge is 0.463 e. The second kappa shape index (κ2) is 8.23. The van der Waals surface area contributed by atoms with Crippen molar-refractivity contribution in [3.05, 3.63) is 23.7 Å². The topological polar surface area (TPSA) is 104 Å². The molecule has 144 valence electrons. The number of aliphatic imine (C=N–C) groups is 1. The van der Waals surface area contributed by atoms with Gasteiger partial charge in [0.25, 0.3) is 0 Å². The highest BCUT2D eigenvalue weighted by Crippen LogP contribution is 2.23. The van der Waals surface area contributed by atoms with Gasteiger partial charge in [0.05, 0.1) is 17.0 Å². The zero-order chi connectivity index (χ0) is 19.3. The summed E-state index contributed by atoms with van der Waals surface area (Å²) >= 11 is 0. The fourth-order valence-corrected chi connectivity index (χ4v) is 2.97. The van der Waals surface area contributed by atoms with Crippen molar-refractivity contribution in [1.82, 2.24) is 10.6 Å². The third-order valence-corrected chi connectivity index (χ3v) is 6.36. The van der Waals surface area contributed by atoms with Crippen molar-refractivity contribution in [3.63, 3.8) is 0 Å². The van der Waals surface area contributed by atoms with Gasteiger partial charge in [-0.1, -0.05) is 0 Å². The Balaban J connectivity index is 2.71. The Morgan fingerprint density at radius 2 is 1.88 bits per heavy atom. The zero-order valence-electron chi connectivity index (χ0n) is 16.0. The molecule has 1 atom stereocenters. The first-order chi connectivity index (χ1) is 11.4. The average Bonchev–Trinajstić information content (AvgIpc) is 2.91. The van der Waals surface area contributed by atoms with Crippen LogP contribution < -0.4 is 10.6 Å². The molecule has 0 aromatic carbocycles. The summed E-state index contributed by atoms with van der Waals surface area (Å²) in [6, 6.07) is 3.51. The summed E-state index contributed by atoms with van der Waals surface area (Å²) in [4.78, 5) is 4.34. The van der Waals surface area contributed by atoms with Gasteiger partial charge in [-0.05, 0) is 53.7 Å². The summed E-state index contributed by atoms with van der Waals surface area (Å²) < 4.78 is 29.0. The van der Waals surface area contributed by atoms with Crippen LogP contribution in [0.4, 0.5) is 0 Å². The fraction of sp³-hybridized carbons (Fsp3) is 0.706. The highest BCUT2D eigenvalue weighted by Gasteiger charge is 2.29. The minimum absolute atomic E-state index is 0.00862. The predicted molar refractivity (Wildman–Crippen MR) is 101 cm³/mol. The van der Waals surface area contributed by atoms with Gasteiger partial charge in [0.2, 0.25) is 0 Å². The van der Waals surface area contributed by atoms with E-state index in [4.69, 9.17) is 4.42 Å². The van der Waals surface area contributed by atoms with E-state index in [1.165, 1.54) is 0 Å². The lowest BCUT2D eigenvalue weighted by atomic mass is 10.0. The first kappa shape index (κ1) is 21.5. The molecule has 1 aromatic rings. The minimum atomic E-state index is -3.20. The lowest BCUT2D eigenvalue weighted by molar-refractivity contribution is 0.0428. The van der Waals surface area contributed by atoms with Crippen molar-refractivity contribution >= 4 is 15.8 Å². The molecule has 0 saturated carbocycles. The smallest absolute Gasteiger partial charge is 0.191 e. The van der Waals surface area contributed by atoms with Gasteiger partial charge in [0, 0.05) is 13.1 Å². The number of nitrogens with zero attached hydrogens (tertiary/aromatic N) is 1. The Hall–Kier alpha value is -1.54. The van der Waals surface area contributed by atoms with Gasteiger partial charge >= 0.3 is 0 Å². The van der Waals surface area contributed by atoms with Crippen LogP contribution in [0, 0.1) is 6.92 Å². The monoisotopic (exact) mass is 373 g/mol. The molecule has 25 heavy (non-hydrogen) atoms. The maximum atomic E-state index is 12.1. The molecule has 0 bridgehead atoms. The lowest BCUT2D eigenvalue weighted by Crippen LogP contribution is -2.42. The SMILES string of the molecule is CCNC(=NCC(C)(O)c1ccc(C)o1)NCCS(=O)(=O)C(C)(C)C. The Morgan fingerprint density at radius 3 is 2.36 bits per heavy atom. The Bertz CT molecular complexity index is 685. The molecule has 0 spiro atoms. The molecule has 0 aliphatic heterocycles. The molecule has 0 radical (unpaired) electrons. The number of aryl methyl sites for hydroxylation is 1. The second-order valence-electron chi connectivity index (χ2n) is 7.24. The van der Waals surface area contributed by atoms with Crippen molar-refractivity contribution in [2.75, 3.05) is 25.4 Å². The number of hydrogen-bond donors (Lipinski definition) is 3. The molecule has 0 aliphatic rings. The van der Waals surface area contributed by atoms with E-state index in [1.807, 2.05) is 13.8 Å². The molecule has 8 heteroatoms. The number of rotatable bonds is 7. The van der Waals surface area contributed by atoms with E-state index < -0.39 is 20.2 Å². The van der Waals surface area contributed by atoms with Gasteiger partial charge < -0.3 is 20.2 Å². The summed E-state index contributed by atoms with van der Waals surface area (Å²) in [6.45, 7) is 11.4. The number of furan rings is 1. The predicted octanol–water partition coefficient (Wildman–Crippen LogP) is 1.56. The number of guanidine groups is 1. The van der Waals surface area contributed by atoms with Gasteiger partial charge in [-0.15, -0.1) is 0 Å². The van der Waals surface area contributed by atoms with Crippen LogP contribution in [0.1, 0.15) is 46.1 Å². The van der Waals surface area contributed by atoms with Crippen molar-refractivity contribution < 1.29 is 17.9 Å². The molecule has 1 rings (SSSR count). The van der Waals surface area contributed by atoms with Gasteiger partial charge in [0.15, 0.2) is 15.8 Å². The third-order valence-electron chi connectivity index (χ3n) is 3.76. The first-order valence-electron chi connectivity index (χ1n) is 8.43. The molecule has 7 nitrogen and oxygen atoms in total. The van der Waals surface area contributed by atoms with Crippen LogP contribution >= 0.6 is 0 Å². The second-order valence-corrected chi connectivity index (χ2v) is 10.1. The van der Waals surface area contributed by atoms with E-state index in [2.05, 4.69) is 15.6 Å². The average molecular weight is 374 g/mol. The molecular formula is C17H31N3O4S. The van der Waals surface area contributed by atoms with Crippen LogP contribution in [0.3, 0.4) is 0 Å². The third kappa shape index (κ3) is 6.36. The number of sulfone groups is 1. The summed E-state index contributed by atoms with van der Waals surface area (Å²) in [5, 5.41) is 16.6. The number of hydrogen-bond acceptors (Lipinski definition) is 5. The van der Waals surface area contributed by atoms with Gasteiger partial charge in [-0.25, -0.2) is 13.4 Å². The van der Waals surface area contributed by atoms with Crippen LogP contribution in [-0.2, 0) is 15.4 Å². The molecule has 0 fully saturated rings. The van der Waals surface area contributed by atoms with Crippen molar-refractivity contribution in [3.8, 4) is 0 Å². The molecule has 1 unspecified atom stereocenters. The molecule has 0 amide bonds. The zero-order valence-corrected chi connectivity index (χ0v) is 16.8. The van der Waals surface area contributed by atoms with Gasteiger partial charge in [-0.2, -0.15) is 0 Å². The summed E-state index contributed by atoms with van der Waals surface area (Å²) in [5.41, 5.74) is -1.24. The van der Waals surface area contributed by atoms with Crippen molar-refractivity contribution in [2.45, 2.75) is 51.9 Å². The van der Waals surface area contributed by atoms with E-state index in [-0.39, 0.29) is 18.8 Å². The lowest BCUT2D eigenvalue weighted by Gasteiger charge is -2.21. The normalized spacial score (nSPS) is 15.7. The first-order valence-corrected chi connectivity index (χ1v) is 10.1. The summed E-state index contributed by atoms with van der Waals surface area (Å²) in [6.07, 6.45) is 0. The molecule has 3 N–H and O–H groups in total. The highest BCUT2D eigenvalue weighted by atomic mass is 32.2. The van der Waals surface area contributed by atoms with E-state index in [1.54, 1.807) is 39.8 Å². The van der Waals surface area contributed by atoms with E-state index in [9.17, 15) is 13.5 Å². The fourth-order valence-electron chi connectivity index (χ4n) is 1.99. The Morgan fingerprint density at radius 1 is 1.24 bits per heavy atom. The van der Waals surface area contributed by atoms with Gasteiger partial charge in [-0.3, -0.25) is 0 Å². The van der Waals surface area contributed by atoms with Crippen LogP contribution in [0.2, 0.25) is 0 Å². The van der Waals surface area contributed by atoms with Crippen LogP contribution in [0.15, 0.2) is 21.5 Å². The molecule has 0 saturated heterocycles. The highest BCUT2D eigenvalue weighted by molar-refractivity contribution is 7.92. The van der Waals surface area contributed by atoms with Crippen LogP contribution in [0.25, 0.3) is 0 Å². The molecular weight excluding hydrogens is 342 g/mol. The Labute approximate surface area is 150 Å². The van der Waals surface area contributed by atoms with Crippen molar-refractivity contribution in [2.24, 2.45) is 4.99 Å². The maximum absolute atomic E-state index is 12.1. The van der Waals surface area contributed by atoms with E-state index >= 15 is 0 Å². The molecule has 0 aliphatic carbocycles. The molecule has 1 heterocycles. The molecule has 1 aromatic heterocycles.